The molecule has 6 heteroatoms. The van der Waals surface area contributed by atoms with Crippen LogP contribution in [0.3, 0.4) is 0 Å². The van der Waals surface area contributed by atoms with Crippen molar-refractivity contribution in [2.45, 2.75) is 25.5 Å². The van der Waals surface area contributed by atoms with Gasteiger partial charge in [-0.25, -0.2) is 9.18 Å². The molecule has 1 aliphatic heterocycles. The SMILES string of the molecule is COC(=O)C(O)C1CCN(Cc2ccc(F)c3cccnc23)CC1. The number of aromatic nitrogens is 1. The van der Waals surface area contributed by atoms with E-state index in [1.807, 2.05) is 0 Å². The molecule has 0 radical (unpaired) electrons. The fourth-order valence-electron chi connectivity index (χ4n) is 3.30. The average molecular weight is 332 g/mol. The molecule has 1 fully saturated rings. The Balaban J connectivity index is 1.67. The molecule has 0 spiro atoms. The van der Waals surface area contributed by atoms with E-state index in [9.17, 15) is 14.3 Å². The van der Waals surface area contributed by atoms with E-state index in [-0.39, 0.29) is 11.7 Å². The maximum absolute atomic E-state index is 13.9. The molecule has 0 aliphatic carbocycles. The number of pyridine rings is 1. The minimum absolute atomic E-state index is 0.0724. The van der Waals surface area contributed by atoms with Gasteiger partial charge in [-0.3, -0.25) is 9.88 Å². The third kappa shape index (κ3) is 3.39. The highest BCUT2D eigenvalue weighted by Crippen LogP contribution is 2.25. The highest BCUT2D eigenvalue weighted by atomic mass is 19.1. The number of rotatable bonds is 4. The van der Waals surface area contributed by atoms with Crippen LogP contribution < -0.4 is 0 Å². The van der Waals surface area contributed by atoms with Crippen LogP contribution in [0.5, 0.6) is 0 Å². The fourth-order valence-corrected chi connectivity index (χ4v) is 3.30. The van der Waals surface area contributed by atoms with Gasteiger partial charge in [-0.15, -0.1) is 0 Å². The Morgan fingerprint density at radius 2 is 2.17 bits per heavy atom. The van der Waals surface area contributed by atoms with Crippen LogP contribution in [0.4, 0.5) is 4.39 Å². The van der Waals surface area contributed by atoms with Crippen molar-refractivity contribution < 1.29 is 19.0 Å². The number of fused-ring (bicyclic) bond motifs is 1. The second-order valence-electron chi connectivity index (χ2n) is 6.19. The van der Waals surface area contributed by atoms with E-state index in [2.05, 4.69) is 14.6 Å². The van der Waals surface area contributed by atoms with Crippen molar-refractivity contribution >= 4 is 16.9 Å². The first-order valence-electron chi connectivity index (χ1n) is 8.10. The van der Waals surface area contributed by atoms with E-state index in [1.54, 1.807) is 24.4 Å². The first kappa shape index (κ1) is 16.8. The van der Waals surface area contributed by atoms with E-state index in [0.29, 0.717) is 17.4 Å². The van der Waals surface area contributed by atoms with Crippen molar-refractivity contribution in [2.24, 2.45) is 5.92 Å². The summed E-state index contributed by atoms with van der Waals surface area (Å²) in [7, 11) is 1.29. The van der Waals surface area contributed by atoms with Gasteiger partial charge in [0.25, 0.3) is 0 Å². The molecule has 1 saturated heterocycles. The first-order valence-corrected chi connectivity index (χ1v) is 8.10. The molecule has 3 rings (SSSR count). The Morgan fingerprint density at radius 1 is 1.42 bits per heavy atom. The zero-order valence-corrected chi connectivity index (χ0v) is 13.6. The van der Waals surface area contributed by atoms with Crippen molar-refractivity contribution in [3.05, 3.63) is 41.8 Å². The number of nitrogens with zero attached hydrogens (tertiary/aromatic N) is 2. The lowest BCUT2D eigenvalue weighted by Gasteiger charge is -2.33. The summed E-state index contributed by atoms with van der Waals surface area (Å²) in [5.41, 5.74) is 1.67. The molecule has 128 valence electrons. The number of piperidine rings is 1. The molecule has 0 bridgehead atoms. The number of likely N-dealkylation sites (tertiary alicyclic amines) is 1. The van der Waals surface area contributed by atoms with E-state index < -0.39 is 12.1 Å². The van der Waals surface area contributed by atoms with E-state index >= 15 is 0 Å². The Bertz CT molecular complexity index is 729. The molecule has 24 heavy (non-hydrogen) atoms. The molecule has 0 amide bonds. The normalized spacial score (nSPS) is 17.8. The standard InChI is InChI=1S/C18H21FN2O3/c1-24-18(23)17(22)12-6-9-21(10-7-12)11-13-4-5-15(19)14-3-2-8-20-16(13)14/h2-5,8,12,17,22H,6-7,9-11H2,1H3. The number of carbonyl (C=O) groups excluding carboxylic acids is 1. The number of hydrogen-bond acceptors (Lipinski definition) is 5. The third-order valence-electron chi connectivity index (χ3n) is 4.72. The summed E-state index contributed by atoms with van der Waals surface area (Å²) in [6, 6.07) is 6.72. The van der Waals surface area contributed by atoms with Crippen LogP contribution in [-0.4, -0.2) is 47.3 Å². The van der Waals surface area contributed by atoms with Crippen LogP contribution >= 0.6 is 0 Å². The summed E-state index contributed by atoms with van der Waals surface area (Å²) < 4.78 is 18.5. The van der Waals surface area contributed by atoms with E-state index in [1.165, 1.54) is 13.2 Å². The molecule has 1 aromatic heterocycles. The molecular weight excluding hydrogens is 311 g/mol. The molecule has 5 nitrogen and oxygen atoms in total. The summed E-state index contributed by atoms with van der Waals surface area (Å²) in [5, 5.41) is 10.5. The van der Waals surface area contributed by atoms with Gasteiger partial charge in [-0.1, -0.05) is 6.07 Å². The average Bonchev–Trinajstić information content (AvgIpc) is 2.63. The van der Waals surface area contributed by atoms with Gasteiger partial charge >= 0.3 is 5.97 Å². The molecular formula is C18H21FN2O3. The topological polar surface area (TPSA) is 62.7 Å². The maximum Gasteiger partial charge on any atom is 0.334 e. The van der Waals surface area contributed by atoms with Gasteiger partial charge in [0, 0.05) is 18.1 Å². The van der Waals surface area contributed by atoms with Crippen molar-refractivity contribution in [3.63, 3.8) is 0 Å². The number of benzene rings is 1. The van der Waals surface area contributed by atoms with Crippen molar-refractivity contribution in [3.8, 4) is 0 Å². The van der Waals surface area contributed by atoms with Gasteiger partial charge in [0.15, 0.2) is 6.10 Å². The summed E-state index contributed by atoms with van der Waals surface area (Å²) in [6.45, 7) is 2.21. The Kier molecular flexibility index (Phi) is 5.06. The highest BCUT2D eigenvalue weighted by molar-refractivity contribution is 5.82. The second kappa shape index (κ2) is 7.23. The molecule has 2 heterocycles. The molecule has 1 aromatic carbocycles. The van der Waals surface area contributed by atoms with Crippen molar-refractivity contribution in [2.75, 3.05) is 20.2 Å². The lowest BCUT2D eigenvalue weighted by atomic mass is 9.91. The van der Waals surface area contributed by atoms with E-state index in [0.717, 1.165) is 31.5 Å². The van der Waals surface area contributed by atoms with Crippen LogP contribution in [-0.2, 0) is 16.1 Å². The molecule has 0 saturated carbocycles. The fraction of sp³-hybridized carbons (Fsp3) is 0.444. The lowest BCUT2D eigenvalue weighted by Crippen LogP contribution is -2.40. The summed E-state index contributed by atoms with van der Waals surface area (Å²) in [4.78, 5) is 18.0. The highest BCUT2D eigenvalue weighted by Gasteiger charge is 2.30. The van der Waals surface area contributed by atoms with Crippen molar-refractivity contribution in [1.29, 1.82) is 0 Å². The smallest absolute Gasteiger partial charge is 0.334 e. The van der Waals surface area contributed by atoms with Gasteiger partial charge < -0.3 is 9.84 Å². The molecule has 1 aliphatic rings. The lowest BCUT2D eigenvalue weighted by molar-refractivity contribution is -0.154. The Labute approximate surface area is 140 Å². The third-order valence-corrected chi connectivity index (χ3v) is 4.72. The van der Waals surface area contributed by atoms with Gasteiger partial charge in [0.2, 0.25) is 0 Å². The van der Waals surface area contributed by atoms with Crippen LogP contribution in [0.25, 0.3) is 10.9 Å². The zero-order chi connectivity index (χ0) is 17.1. The second-order valence-corrected chi connectivity index (χ2v) is 6.19. The number of hydrogen-bond donors (Lipinski definition) is 1. The van der Waals surface area contributed by atoms with E-state index in [4.69, 9.17) is 0 Å². The Hall–Kier alpha value is -2.05. The monoisotopic (exact) mass is 332 g/mol. The van der Waals surface area contributed by atoms with Crippen LogP contribution in [0.1, 0.15) is 18.4 Å². The van der Waals surface area contributed by atoms with Gasteiger partial charge in [0.05, 0.1) is 12.6 Å². The summed E-state index contributed by atoms with van der Waals surface area (Å²) in [6.07, 6.45) is 2.07. The van der Waals surface area contributed by atoms with Gasteiger partial charge in [0.1, 0.15) is 5.82 Å². The zero-order valence-electron chi connectivity index (χ0n) is 13.6. The predicted molar refractivity (Wildman–Crippen MR) is 87.7 cm³/mol. The number of carbonyl (C=O) groups is 1. The van der Waals surface area contributed by atoms with Crippen molar-refractivity contribution in [1.82, 2.24) is 9.88 Å². The minimum atomic E-state index is -1.05. The molecule has 1 unspecified atom stereocenters. The number of esters is 1. The number of methoxy groups -OCH3 is 1. The number of aliphatic hydroxyl groups is 1. The molecule has 1 N–H and O–H groups in total. The molecule has 1 atom stereocenters. The number of aliphatic hydroxyl groups excluding tert-OH is 1. The summed E-state index contributed by atoms with van der Waals surface area (Å²) >= 11 is 0. The van der Waals surface area contributed by atoms with Gasteiger partial charge in [-0.05, 0) is 55.6 Å². The summed E-state index contributed by atoms with van der Waals surface area (Å²) in [5.74, 6) is -0.902. The first-order chi connectivity index (χ1) is 11.6. The van der Waals surface area contributed by atoms with Crippen LogP contribution in [0.2, 0.25) is 0 Å². The minimum Gasteiger partial charge on any atom is -0.467 e. The predicted octanol–water partition coefficient (Wildman–Crippen LogP) is 2.12. The quantitative estimate of drug-likeness (QED) is 0.869. The Morgan fingerprint density at radius 3 is 2.88 bits per heavy atom. The largest absolute Gasteiger partial charge is 0.467 e. The van der Waals surface area contributed by atoms with Crippen LogP contribution in [0.15, 0.2) is 30.5 Å². The van der Waals surface area contributed by atoms with Gasteiger partial charge in [-0.2, -0.15) is 0 Å². The number of ether oxygens (including phenoxy) is 1. The molecule has 2 aromatic rings. The maximum atomic E-state index is 13.9. The van der Waals surface area contributed by atoms with Crippen LogP contribution in [0, 0.1) is 11.7 Å². The number of halogens is 1.